The van der Waals surface area contributed by atoms with E-state index in [-0.39, 0.29) is 0 Å². The minimum absolute atomic E-state index is 1.10. The van der Waals surface area contributed by atoms with Gasteiger partial charge in [-0.1, -0.05) is 12.8 Å². The Hall–Kier alpha value is 0. The van der Waals surface area contributed by atoms with Gasteiger partial charge in [0.05, 0.1) is 0 Å². The molecule has 294 valence electrons. The van der Waals surface area contributed by atoms with Crippen LogP contribution in [0.25, 0.3) is 0 Å². The normalized spacial score (nSPS) is 136. The van der Waals surface area contributed by atoms with Crippen molar-refractivity contribution < 1.29 is 0 Å². The molecule has 46 atom stereocenters. The zero-order valence-electron chi connectivity index (χ0n) is 35.1. The lowest BCUT2D eigenvalue weighted by Crippen LogP contribution is -3.66. The Bertz CT molecular complexity index is 3900. The fraction of sp³-hybridized carbons (Fsp3) is 1.00. The van der Waals surface area contributed by atoms with Crippen molar-refractivity contribution in [3.8, 4) is 0 Å². The number of hydrogen-bond donors (Lipinski definition) is 0. The van der Waals surface area contributed by atoms with Crippen molar-refractivity contribution >= 4 is 0 Å². The third-order valence-corrected chi connectivity index (χ3v) is 52.7. The van der Waals surface area contributed by atoms with Gasteiger partial charge in [-0.15, -0.1) is 0 Å². The van der Waals surface area contributed by atoms with E-state index in [0.717, 1.165) is 146 Å². The molecule has 27 spiro atoms. The summed E-state index contributed by atoms with van der Waals surface area (Å²) in [6.45, 7) is 0. The maximum Gasteiger partial charge on any atom is -0.000715 e. The maximum absolute atomic E-state index is 1.82. The Labute approximate surface area is 360 Å². The van der Waals surface area contributed by atoms with Crippen molar-refractivity contribution in [1.29, 1.82) is 0 Å². The van der Waals surface area contributed by atoms with E-state index in [9.17, 15) is 0 Å². The standard InChI is InChI=1S/C63H42/c1-2-4-8-7(3-1)11-17-24-18-12(8)20-26-30-34-36-32-28-23-16-10-6-5-9-13-21-14(10)38(16)41(21)37(13)15(9)22-27-31-35-33-29-25-19(11)39(17)42(24)40(18,20)46(26)50(30)54(34)56(36)52(32)48(28)44(23,38)57(41)43(22,37)47(27)51(31)55(35)53(33)49(29)45(25,39)58(42,46)60(49,50)62(53,54)63(55,56)61(51,52)59(47,48)57/h7-36H,1-6H2. The molecular formula is C63H42. The zero-order chi connectivity index (χ0) is 35.1. The average molecular weight is 799 g/mol. The van der Waals surface area contributed by atoms with E-state index in [0.29, 0.717) is 0 Å². The van der Waals surface area contributed by atoms with Gasteiger partial charge in [-0.2, -0.15) is 0 Å². The topological polar surface area (TPSA) is 0 Å². The van der Waals surface area contributed by atoms with Gasteiger partial charge < -0.3 is 0 Å². The fourth-order valence-electron chi connectivity index (χ4n) is 66.9. The molecule has 0 saturated heterocycles. The van der Waals surface area contributed by atoms with E-state index in [4.69, 9.17) is 0 Å². The number of rotatable bonds is 0. The average Bonchev–Trinajstić information content (AvgIpc) is 3.19. The lowest BCUT2D eigenvalue weighted by atomic mass is 8.35. The third kappa shape index (κ3) is 0.516. The highest BCUT2D eigenvalue weighted by molar-refractivity contribution is 6.14. The van der Waals surface area contributed by atoms with E-state index in [1.54, 1.807) is 25.7 Å². The first-order chi connectivity index (χ1) is 31.4. The number of fused-ring (bicyclic) bond motifs is 23. The number of hydrogen-bond acceptors (Lipinski definition) is 0. The molecule has 0 heterocycles. The van der Waals surface area contributed by atoms with Crippen molar-refractivity contribution in [2.75, 3.05) is 0 Å². The molecule has 0 N–H and O–H groups in total. The molecule has 43 saturated carbocycles. The molecule has 0 aliphatic heterocycles. The summed E-state index contributed by atoms with van der Waals surface area (Å²) < 4.78 is 0. The molecule has 0 nitrogen and oxygen atoms in total. The van der Waals surface area contributed by atoms with Crippen LogP contribution in [-0.4, -0.2) is 0 Å². The molecule has 43 rings (SSSR count). The van der Waals surface area contributed by atoms with Crippen LogP contribution in [0.2, 0.25) is 0 Å². The highest BCUT2D eigenvalue weighted by Gasteiger charge is 3.70. The summed E-state index contributed by atoms with van der Waals surface area (Å²) >= 11 is 0. The van der Waals surface area contributed by atoms with Crippen molar-refractivity contribution in [1.82, 2.24) is 0 Å². The molecule has 43 fully saturated rings. The van der Waals surface area contributed by atoms with Gasteiger partial charge >= 0.3 is 0 Å². The molecule has 0 aromatic heterocycles. The Morgan fingerprint density at radius 1 is 0.175 bits per heavy atom. The van der Waals surface area contributed by atoms with E-state index in [1.807, 2.05) is 12.8 Å². The van der Waals surface area contributed by atoms with E-state index >= 15 is 0 Å². The fourth-order valence-corrected chi connectivity index (χ4v) is 66.9. The van der Waals surface area contributed by atoms with Crippen LogP contribution >= 0.6 is 0 Å². The van der Waals surface area contributed by atoms with Crippen LogP contribution in [0.1, 0.15) is 38.5 Å². The molecule has 0 heteroatoms. The lowest BCUT2D eigenvalue weighted by molar-refractivity contribution is -1.23. The second-order valence-electron chi connectivity index (χ2n) is 39.9. The molecule has 0 amide bonds. The second-order valence-corrected chi connectivity index (χ2v) is 39.9. The highest BCUT2D eigenvalue weighted by atomic mass is 15.7. The Morgan fingerprint density at radius 2 is 0.413 bits per heavy atom. The predicted octanol–water partition coefficient (Wildman–Crippen LogP) is 6.03. The summed E-state index contributed by atoms with van der Waals surface area (Å²) in [6, 6.07) is 0. The van der Waals surface area contributed by atoms with Crippen LogP contribution in [0, 0.1) is 324 Å². The molecule has 0 radical (unpaired) electrons. The van der Waals surface area contributed by atoms with Gasteiger partial charge in [0.1, 0.15) is 0 Å². The van der Waals surface area contributed by atoms with Crippen LogP contribution in [0.3, 0.4) is 0 Å². The van der Waals surface area contributed by atoms with Crippen molar-refractivity contribution in [3.05, 3.63) is 0 Å². The van der Waals surface area contributed by atoms with Gasteiger partial charge in [0, 0.05) is 0 Å². The first-order valence-corrected chi connectivity index (χ1v) is 31.4. The Kier molecular flexibility index (Phi) is 1.21. The van der Waals surface area contributed by atoms with Crippen LogP contribution < -0.4 is 0 Å². The summed E-state index contributed by atoms with van der Waals surface area (Å²) in [5, 5.41) is 0. The largest absolute Gasteiger partial charge is 0.0530 e. The summed E-state index contributed by atoms with van der Waals surface area (Å²) in [7, 11) is 0. The lowest BCUT2D eigenvalue weighted by Gasteiger charge is -3.67. The minimum Gasteiger partial charge on any atom is -0.0530 e. The Morgan fingerprint density at radius 3 is 0.762 bits per heavy atom. The zero-order valence-corrected chi connectivity index (χ0v) is 35.1. The second kappa shape index (κ2) is 3.47. The van der Waals surface area contributed by atoms with E-state index in [1.165, 1.54) is 178 Å². The highest BCUT2D eigenvalue weighted by Crippen LogP contribution is 3.71. The molecule has 43 aliphatic rings. The van der Waals surface area contributed by atoms with Crippen LogP contribution in [0.4, 0.5) is 0 Å². The van der Waals surface area contributed by atoms with Gasteiger partial charge in [0.25, 0.3) is 0 Å². The van der Waals surface area contributed by atoms with Gasteiger partial charge in [-0.05, 0) is 349 Å². The van der Waals surface area contributed by atoms with Crippen molar-refractivity contribution in [3.63, 3.8) is 0 Å². The summed E-state index contributed by atoms with van der Waals surface area (Å²) in [5.41, 5.74) is 30.4. The first kappa shape index (κ1) is 22.0. The third-order valence-electron chi connectivity index (χ3n) is 52.7. The monoisotopic (exact) mass is 798 g/mol. The molecule has 63 heavy (non-hydrogen) atoms. The molecule has 0 aromatic carbocycles. The van der Waals surface area contributed by atoms with Crippen LogP contribution in [0.5, 0.6) is 0 Å². The smallest absolute Gasteiger partial charge is 0.000715 e. The molecular weight excluding hydrogens is 757 g/mol. The molecule has 0 aromatic rings. The summed E-state index contributed by atoms with van der Waals surface area (Å²) in [5.74, 6) is 41.8. The minimum atomic E-state index is 1.10. The van der Waals surface area contributed by atoms with E-state index in [2.05, 4.69) is 0 Å². The molecule has 46 unspecified atom stereocenters. The first-order valence-electron chi connectivity index (χ1n) is 31.4. The Balaban J connectivity index is 0.717. The van der Waals surface area contributed by atoms with Gasteiger partial charge in [0.2, 0.25) is 0 Å². The van der Waals surface area contributed by atoms with E-state index < -0.39 is 0 Å². The maximum atomic E-state index is 1.82. The molecule has 0 bridgehead atoms. The van der Waals surface area contributed by atoms with Crippen molar-refractivity contribution in [2.24, 2.45) is 324 Å². The van der Waals surface area contributed by atoms with Gasteiger partial charge in [-0.3, -0.25) is 0 Å². The van der Waals surface area contributed by atoms with Crippen LogP contribution in [0.15, 0.2) is 0 Å². The summed E-state index contributed by atoms with van der Waals surface area (Å²) in [4.78, 5) is 0. The summed E-state index contributed by atoms with van der Waals surface area (Å²) in [6.07, 6.45) is 10.5. The van der Waals surface area contributed by atoms with Gasteiger partial charge in [0.15, 0.2) is 0 Å². The quantitative estimate of drug-likeness (QED) is 0.281. The SMILES string of the molecule is C1CCC2C(C1)C1C3C4C5C2C2C6C7C8C9C%10C%11C%12C%13C%14CCC%15C%16C%17C%14C%13%14C%17%13C%16%17C%15C%15C%16C%18C%19C%20C%21C%22C1C31C43C52C62C74C85C96C%107C%118C%12%14C%139C%15%17C%16%10C%18%11C%19%12C%20%13C%21%14C%221C32C%144C%135C%126C%117C%1089. The van der Waals surface area contributed by atoms with Crippen molar-refractivity contribution in [2.45, 2.75) is 38.5 Å². The van der Waals surface area contributed by atoms with Crippen LogP contribution in [-0.2, 0) is 0 Å². The predicted molar refractivity (Wildman–Crippen MR) is 198 cm³/mol. The molecule has 43 aliphatic carbocycles. The van der Waals surface area contributed by atoms with Gasteiger partial charge in [-0.25, -0.2) is 0 Å².